The molecule has 7 nitrogen and oxygen atoms in total. The Hall–Kier alpha value is -3.68. The minimum Gasteiger partial charge on any atom is -0.507 e. The molecule has 0 aromatic heterocycles. The first-order chi connectivity index (χ1) is 17.8. The number of carbonyl (C=O) groups excluding carboxylic acids is 2. The predicted octanol–water partition coefficient (Wildman–Crippen LogP) is 6.43. The van der Waals surface area contributed by atoms with E-state index >= 15 is 0 Å². The number of halogens is 2. The molecule has 3 aromatic rings. The maximum atomic E-state index is 13.4. The van der Waals surface area contributed by atoms with Crippen LogP contribution >= 0.6 is 23.2 Å². The van der Waals surface area contributed by atoms with Gasteiger partial charge in [-0.1, -0.05) is 53.5 Å². The number of anilines is 1. The van der Waals surface area contributed by atoms with Crippen molar-refractivity contribution in [1.82, 2.24) is 0 Å². The van der Waals surface area contributed by atoms with Crippen LogP contribution in [0.2, 0.25) is 10.0 Å². The highest BCUT2D eigenvalue weighted by molar-refractivity contribution is 6.51. The number of rotatable bonds is 8. The van der Waals surface area contributed by atoms with Crippen LogP contribution in [-0.2, 0) is 9.59 Å². The summed E-state index contributed by atoms with van der Waals surface area (Å²) in [5.74, 6) is -0.864. The minimum absolute atomic E-state index is 0.0969. The highest BCUT2D eigenvalue weighted by Gasteiger charge is 2.47. The Kier molecular flexibility index (Phi) is 7.95. The molecule has 1 aliphatic heterocycles. The first-order valence-corrected chi connectivity index (χ1v) is 12.4. The highest BCUT2D eigenvalue weighted by Crippen LogP contribution is 2.45. The van der Waals surface area contributed by atoms with Crippen LogP contribution in [0.15, 0.2) is 66.2 Å². The lowest BCUT2D eigenvalue weighted by Crippen LogP contribution is -2.29. The molecule has 4 rings (SSSR count). The van der Waals surface area contributed by atoms with Gasteiger partial charge in [0.15, 0.2) is 17.2 Å². The summed E-state index contributed by atoms with van der Waals surface area (Å²) in [6, 6.07) is 15.9. The number of benzene rings is 3. The maximum Gasteiger partial charge on any atom is 0.300 e. The average Bonchev–Trinajstić information content (AvgIpc) is 3.15. The molecular formula is C28H25Cl2NO6. The van der Waals surface area contributed by atoms with Gasteiger partial charge >= 0.3 is 0 Å². The smallest absolute Gasteiger partial charge is 0.300 e. The molecule has 0 aliphatic carbocycles. The van der Waals surface area contributed by atoms with Crippen molar-refractivity contribution in [2.45, 2.75) is 19.9 Å². The molecule has 1 amide bonds. The first kappa shape index (κ1) is 26.4. The fourth-order valence-electron chi connectivity index (χ4n) is 4.29. The van der Waals surface area contributed by atoms with E-state index in [4.69, 9.17) is 37.4 Å². The third-order valence-corrected chi connectivity index (χ3v) is 6.40. The molecule has 1 fully saturated rings. The second kappa shape index (κ2) is 11.2. The molecule has 3 aromatic carbocycles. The van der Waals surface area contributed by atoms with E-state index in [1.165, 1.54) is 24.1 Å². The molecule has 1 atom stereocenters. The van der Waals surface area contributed by atoms with Crippen LogP contribution in [0, 0.1) is 0 Å². The number of aliphatic hydroxyl groups is 1. The molecule has 1 unspecified atom stereocenters. The summed E-state index contributed by atoms with van der Waals surface area (Å²) in [7, 11) is 1.42. The van der Waals surface area contributed by atoms with Gasteiger partial charge in [-0.25, -0.2) is 0 Å². The van der Waals surface area contributed by atoms with Crippen LogP contribution in [0.5, 0.6) is 17.2 Å². The number of hydrogen-bond donors (Lipinski definition) is 1. The van der Waals surface area contributed by atoms with Crippen LogP contribution < -0.4 is 19.1 Å². The normalized spacial score (nSPS) is 16.7. The zero-order valence-corrected chi connectivity index (χ0v) is 22.0. The second-order valence-corrected chi connectivity index (χ2v) is 8.86. The van der Waals surface area contributed by atoms with Gasteiger partial charge in [0.05, 0.1) is 42.0 Å². The molecule has 0 spiro atoms. The van der Waals surface area contributed by atoms with Crippen LogP contribution in [0.1, 0.15) is 31.0 Å². The molecular weight excluding hydrogens is 517 g/mol. The van der Waals surface area contributed by atoms with Crippen molar-refractivity contribution in [3.8, 4) is 17.2 Å². The maximum absolute atomic E-state index is 13.4. The first-order valence-electron chi connectivity index (χ1n) is 11.6. The van der Waals surface area contributed by atoms with Gasteiger partial charge in [0, 0.05) is 17.3 Å². The van der Waals surface area contributed by atoms with Crippen molar-refractivity contribution in [3.05, 3.63) is 87.4 Å². The fraction of sp³-hybridized carbons (Fsp3) is 0.214. The van der Waals surface area contributed by atoms with Gasteiger partial charge in [-0.15, -0.1) is 0 Å². The lowest BCUT2D eigenvalue weighted by molar-refractivity contribution is -0.132. The molecule has 37 heavy (non-hydrogen) atoms. The summed E-state index contributed by atoms with van der Waals surface area (Å²) in [4.78, 5) is 28.2. The molecule has 9 heteroatoms. The van der Waals surface area contributed by atoms with E-state index in [2.05, 4.69) is 0 Å². The Morgan fingerprint density at radius 2 is 1.54 bits per heavy atom. The van der Waals surface area contributed by atoms with Gasteiger partial charge in [-0.2, -0.15) is 0 Å². The lowest BCUT2D eigenvalue weighted by atomic mass is 9.95. The fourth-order valence-corrected chi connectivity index (χ4v) is 4.93. The van der Waals surface area contributed by atoms with Crippen molar-refractivity contribution in [3.63, 3.8) is 0 Å². The van der Waals surface area contributed by atoms with Crippen LogP contribution in [-0.4, -0.2) is 37.1 Å². The molecule has 1 saturated heterocycles. The van der Waals surface area contributed by atoms with E-state index in [0.29, 0.717) is 36.0 Å². The summed E-state index contributed by atoms with van der Waals surface area (Å²) in [5, 5.41) is 11.6. The second-order valence-electron chi connectivity index (χ2n) is 8.05. The van der Waals surface area contributed by atoms with Crippen LogP contribution in [0.4, 0.5) is 5.69 Å². The number of hydrogen-bond acceptors (Lipinski definition) is 6. The summed E-state index contributed by atoms with van der Waals surface area (Å²) < 4.78 is 16.6. The number of methoxy groups -OCH3 is 1. The van der Waals surface area contributed by atoms with Crippen molar-refractivity contribution in [2.75, 3.05) is 25.2 Å². The van der Waals surface area contributed by atoms with E-state index < -0.39 is 23.5 Å². The molecule has 0 bridgehead atoms. The van der Waals surface area contributed by atoms with Gasteiger partial charge < -0.3 is 19.3 Å². The molecule has 0 saturated carbocycles. The molecule has 0 radical (unpaired) electrons. The molecule has 1 heterocycles. The molecule has 1 aliphatic rings. The van der Waals surface area contributed by atoms with Gasteiger partial charge in [0.2, 0.25) is 0 Å². The number of ketones is 1. The van der Waals surface area contributed by atoms with Crippen molar-refractivity contribution >= 4 is 46.3 Å². The largest absolute Gasteiger partial charge is 0.507 e. The zero-order chi connectivity index (χ0) is 26.7. The summed E-state index contributed by atoms with van der Waals surface area (Å²) in [5.41, 5.74) is 1.12. The molecule has 1 N–H and O–H groups in total. The number of nitrogens with zero attached hydrogens (tertiary/aromatic N) is 1. The third-order valence-electron chi connectivity index (χ3n) is 5.84. The van der Waals surface area contributed by atoms with Gasteiger partial charge in [0.25, 0.3) is 11.7 Å². The van der Waals surface area contributed by atoms with Crippen molar-refractivity contribution < 1.29 is 28.9 Å². The molecule has 192 valence electrons. The van der Waals surface area contributed by atoms with Crippen molar-refractivity contribution in [2.24, 2.45) is 0 Å². The lowest BCUT2D eigenvalue weighted by Gasteiger charge is -2.26. The van der Waals surface area contributed by atoms with Gasteiger partial charge in [0.1, 0.15) is 5.76 Å². The SMILES string of the molecule is CCOc1ccc(N2C(=O)C(=O)/C(=C(/O)c3cc(Cl)c(OC)c(Cl)c3)C2c2ccccc2)cc1OCC. The number of ether oxygens (including phenoxy) is 3. The average molecular weight is 542 g/mol. The standard InChI is InChI=1S/C28H25Cl2NO6/c1-4-36-21-12-11-18(15-22(21)37-5-2)31-24(16-9-7-6-8-10-16)23(26(33)28(31)34)25(32)17-13-19(29)27(35-3)20(30)14-17/h6-15,24,32H,4-5H2,1-3H3/b25-23+. The minimum atomic E-state index is -0.923. The van der Waals surface area contributed by atoms with E-state index in [1.807, 2.05) is 19.9 Å². The Bertz CT molecular complexity index is 1350. The number of amides is 1. The predicted molar refractivity (Wildman–Crippen MR) is 143 cm³/mol. The Morgan fingerprint density at radius 3 is 2.14 bits per heavy atom. The summed E-state index contributed by atoms with van der Waals surface area (Å²) >= 11 is 12.6. The number of carbonyl (C=O) groups is 2. The topological polar surface area (TPSA) is 85.3 Å². The van der Waals surface area contributed by atoms with E-state index in [1.54, 1.807) is 42.5 Å². The quantitative estimate of drug-likeness (QED) is 0.201. The Morgan fingerprint density at radius 1 is 0.919 bits per heavy atom. The summed E-state index contributed by atoms with van der Waals surface area (Å²) in [6.07, 6.45) is 0. The monoisotopic (exact) mass is 541 g/mol. The number of aliphatic hydroxyl groups excluding tert-OH is 1. The highest BCUT2D eigenvalue weighted by atomic mass is 35.5. The third kappa shape index (κ3) is 4.97. The van der Waals surface area contributed by atoms with Crippen molar-refractivity contribution in [1.29, 1.82) is 0 Å². The van der Waals surface area contributed by atoms with Gasteiger partial charge in [-0.05, 0) is 43.7 Å². The number of Topliss-reactive ketones (excluding diaryl/α,β-unsaturated/α-hetero) is 1. The Labute approximate surface area is 224 Å². The van der Waals surface area contributed by atoms with Crippen LogP contribution in [0.25, 0.3) is 5.76 Å². The van der Waals surface area contributed by atoms with E-state index in [-0.39, 0.29) is 26.9 Å². The zero-order valence-electron chi connectivity index (χ0n) is 20.5. The van der Waals surface area contributed by atoms with E-state index in [0.717, 1.165) is 0 Å². The summed E-state index contributed by atoms with van der Waals surface area (Å²) in [6.45, 7) is 4.50. The van der Waals surface area contributed by atoms with Gasteiger partial charge in [-0.3, -0.25) is 14.5 Å². The van der Waals surface area contributed by atoms with E-state index in [9.17, 15) is 14.7 Å². The van der Waals surface area contributed by atoms with Crippen LogP contribution in [0.3, 0.4) is 0 Å². The Balaban J connectivity index is 1.92.